The fraction of sp³-hybridized carbons (Fsp3) is 0.125. The van der Waals surface area contributed by atoms with E-state index in [2.05, 4.69) is 15.9 Å². The molecule has 0 aliphatic heterocycles. The predicted octanol–water partition coefficient (Wildman–Crippen LogP) is 5.19. The van der Waals surface area contributed by atoms with Crippen molar-refractivity contribution in [3.8, 4) is 11.8 Å². The molecule has 0 saturated heterocycles. The molecule has 0 aliphatic carbocycles. The lowest BCUT2D eigenvalue weighted by atomic mass is 10.1. The molecule has 150 valence electrons. The smallest absolute Gasteiger partial charge is 0.349 e. The molecule has 0 atom stereocenters. The number of ketones is 1. The highest BCUT2D eigenvalue weighted by molar-refractivity contribution is 9.10. The lowest BCUT2D eigenvalue weighted by Crippen LogP contribution is -2.15. The highest BCUT2D eigenvalue weighted by atomic mass is 79.9. The Bertz CT molecular complexity index is 1150. The molecule has 3 rings (SSSR count). The number of Topliss-reactive ketones (excluding diaryl/α,β-unsaturated/α-hetero) is 1. The van der Waals surface area contributed by atoms with Gasteiger partial charge in [0.1, 0.15) is 11.6 Å². The molecule has 0 amide bonds. The summed E-state index contributed by atoms with van der Waals surface area (Å²) in [5, 5.41) is 9.44. The van der Waals surface area contributed by atoms with Crippen LogP contribution in [0.2, 0.25) is 0 Å². The standard InChI is InChI=1S/C24H19BrN2O3/c1-16-12-19(17(2)27(16)22-10-8-21(25)9-11-22)13-20(14-26)24(29)30-15-23(28)18-6-4-3-5-7-18/h3-13H,15H2,1-2H3/b20-13+. The Labute approximate surface area is 183 Å². The number of benzene rings is 2. The van der Waals surface area contributed by atoms with Gasteiger partial charge in [-0.2, -0.15) is 5.26 Å². The van der Waals surface area contributed by atoms with E-state index >= 15 is 0 Å². The third-order valence-corrected chi connectivity index (χ3v) is 5.15. The largest absolute Gasteiger partial charge is 0.453 e. The monoisotopic (exact) mass is 462 g/mol. The summed E-state index contributed by atoms with van der Waals surface area (Å²) in [6.07, 6.45) is 1.49. The third-order valence-electron chi connectivity index (χ3n) is 4.63. The number of rotatable bonds is 6. The van der Waals surface area contributed by atoms with Gasteiger partial charge in [0.15, 0.2) is 12.4 Å². The molecule has 3 aromatic rings. The van der Waals surface area contributed by atoms with Gasteiger partial charge < -0.3 is 9.30 Å². The summed E-state index contributed by atoms with van der Waals surface area (Å²) in [6, 6.07) is 20.2. The van der Waals surface area contributed by atoms with Crippen LogP contribution in [-0.2, 0) is 9.53 Å². The van der Waals surface area contributed by atoms with E-state index in [0.29, 0.717) is 5.56 Å². The van der Waals surface area contributed by atoms with Crippen LogP contribution in [0.15, 0.2) is 70.7 Å². The Kier molecular flexibility index (Phi) is 6.65. The van der Waals surface area contributed by atoms with Crippen molar-refractivity contribution in [1.82, 2.24) is 4.57 Å². The molecule has 0 radical (unpaired) electrons. The maximum atomic E-state index is 12.3. The molecular weight excluding hydrogens is 444 g/mol. The number of ether oxygens (including phenoxy) is 1. The van der Waals surface area contributed by atoms with Crippen molar-refractivity contribution in [2.24, 2.45) is 0 Å². The van der Waals surface area contributed by atoms with Crippen molar-refractivity contribution in [2.45, 2.75) is 13.8 Å². The first-order valence-electron chi connectivity index (χ1n) is 9.22. The van der Waals surface area contributed by atoms with E-state index in [-0.39, 0.29) is 11.4 Å². The van der Waals surface area contributed by atoms with Crippen molar-refractivity contribution >= 4 is 33.8 Å². The molecule has 6 heteroatoms. The third kappa shape index (κ3) is 4.76. The average molecular weight is 463 g/mol. The van der Waals surface area contributed by atoms with Crippen LogP contribution < -0.4 is 0 Å². The van der Waals surface area contributed by atoms with Crippen molar-refractivity contribution in [3.05, 3.63) is 93.2 Å². The number of nitriles is 1. The summed E-state index contributed by atoms with van der Waals surface area (Å²) in [5.41, 5.74) is 3.85. The van der Waals surface area contributed by atoms with Gasteiger partial charge >= 0.3 is 5.97 Å². The number of aromatic nitrogens is 1. The number of hydrogen-bond acceptors (Lipinski definition) is 4. The summed E-state index contributed by atoms with van der Waals surface area (Å²) >= 11 is 3.43. The number of esters is 1. The molecular formula is C24H19BrN2O3. The number of carbonyl (C=O) groups is 2. The Morgan fingerprint density at radius 2 is 1.77 bits per heavy atom. The van der Waals surface area contributed by atoms with E-state index in [1.165, 1.54) is 6.08 Å². The Morgan fingerprint density at radius 3 is 2.40 bits per heavy atom. The molecule has 0 aliphatic rings. The van der Waals surface area contributed by atoms with Crippen molar-refractivity contribution < 1.29 is 14.3 Å². The molecule has 30 heavy (non-hydrogen) atoms. The second-order valence-electron chi connectivity index (χ2n) is 6.67. The first kappa shape index (κ1) is 21.3. The van der Waals surface area contributed by atoms with Gasteiger partial charge in [-0.05, 0) is 55.8 Å². The minimum atomic E-state index is -0.824. The summed E-state index contributed by atoms with van der Waals surface area (Å²) in [5.74, 6) is -1.15. The summed E-state index contributed by atoms with van der Waals surface area (Å²) in [6.45, 7) is 3.45. The first-order chi connectivity index (χ1) is 14.4. The van der Waals surface area contributed by atoms with E-state index in [0.717, 1.165) is 27.1 Å². The van der Waals surface area contributed by atoms with Gasteiger partial charge in [0, 0.05) is 27.1 Å². The maximum Gasteiger partial charge on any atom is 0.349 e. The van der Waals surface area contributed by atoms with Crippen LogP contribution in [0.1, 0.15) is 27.3 Å². The predicted molar refractivity (Wildman–Crippen MR) is 118 cm³/mol. The van der Waals surface area contributed by atoms with Crippen LogP contribution in [0.4, 0.5) is 0 Å². The van der Waals surface area contributed by atoms with E-state index in [4.69, 9.17) is 4.74 Å². The van der Waals surface area contributed by atoms with Gasteiger partial charge in [-0.25, -0.2) is 4.79 Å². The molecule has 2 aromatic carbocycles. The Hall–Kier alpha value is -3.43. The van der Waals surface area contributed by atoms with Gasteiger partial charge in [0.25, 0.3) is 0 Å². The highest BCUT2D eigenvalue weighted by Gasteiger charge is 2.16. The van der Waals surface area contributed by atoms with Crippen molar-refractivity contribution in [3.63, 3.8) is 0 Å². The zero-order valence-electron chi connectivity index (χ0n) is 16.6. The molecule has 1 heterocycles. The van der Waals surface area contributed by atoms with E-state index in [1.54, 1.807) is 30.3 Å². The number of hydrogen-bond donors (Lipinski definition) is 0. The zero-order valence-corrected chi connectivity index (χ0v) is 18.1. The number of carbonyl (C=O) groups excluding carboxylic acids is 2. The Balaban J connectivity index is 1.80. The van der Waals surface area contributed by atoms with Crippen LogP contribution >= 0.6 is 15.9 Å². The minimum Gasteiger partial charge on any atom is -0.453 e. The van der Waals surface area contributed by atoms with Gasteiger partial charge in [-0.15, -0.1) is 0 Å². The molecule has 1 aromatic heterocycles. The van der Waals surface area contributed by atoms with Crippen molar-refractivity contribution in [2.75, 3.05) is 6.61 Å². The van der Waals surface area contributed by atoms with E-state index < -0.39 is 12.6 Å². The topological polar surface area (TPSA) is 72.1 Å². The molecule has 5 nitrogen and oxygen atoms in total. The maximum absolute atomic E-state index is 12.3. The van der Waals surface area contributed by atoms with Gasteiger partial charge in [0.2, 0.25) is 0 Å². The van der Waals surface area contributed by atoms with Crippen LogP contribution in [0.25, 0.3) is 11.8 Å². The number of aryl methyl sites for hydroxylation is 1. The van der Waals surface area contributed by atoms with Gasteiger partial charge in [0.05, 0.1) is 0 Å². The summed E-state index contributed by atoms with van der Waals surface area (Å²) in [4.78, 5) is 24.5. The summed E-state index contributed by atoms with van der Waals surface area (Å²) in [7, 11) is 0. The van der Waals surface area contributed by atoms with Crippen LogP contribution in [0.5, 0.6) is 0 Å². The first-order valence-corrected chi connectivity index (χ1v) is 10.0. The molecule has 0 N–H and O–H groups in total. The fourth-order valence-electron chi connectivity index (χ4n) is 3.13. The summed E-state index contributed by atoms with van der Waals surface area (Å²) < 4.78 is 8.09. The number of halogens is 1. The van der Waals surface area contributed by atoms with Crippen molar-refractivity contribution in [1.29, 1.82) is 5.26 Å². The van der Waals surface area contributed by atoms with Crippen LogP contribution in [0.3, 0.4) is 0 Å². The fourth-order valence-corrected chi connectivity index (χ4v) is 3.39. The van der Waals surface area contributed by atoms with E-state index in [1.807, 2.05) is 54.8 Å². The Morgan fingerprint density at radius 1 is 1.10 bits per heavy atom. The quantitative estimate of drug-likeness (QED) is 0.218. The molecule has 0 bridgehead atoms. The molecule has 0 fully saturated rings. The lowest BCUT2D eigenvalue weighted by molar-refractivity contribution is -0.137. The normalized spacial score (nSPS) is 11.1. The SMILES string of the molecule is Cc1cc(/C=C(\C#N)C(=O)OCC(=O)c2ccccc2)c(C)n1-c1ccc(Br)cc1. The second kappa shape index (κ2) is 9.38. The number of nitrogens with zero attached hydrogens (tertiary/aromatic N) is 2. The van der Waals surface area contributed by atoms with Crippen LogP contribution in [-0.4, -0.2) is 22.9 Å². The van der Waals surface area contributed by atoms with Gasteiger partial charge in [-0.3, -0.25) is 4.79 Å². The van der Waals surface area contributed by atoms with Crippen LogP contribution in [0, 0.1) is 25.2 Å². The average Bonchev–Trinajstić information content (AvgIpc) is 3.04. The molecule has 0 saturated carbocycles. The highest BCUT2D eigenvalue weighted by Crippen LogP contribution is 2.24. The second-order valence-corrected chi connectivity index (χ2v) is 7.59. The lowest BCUT2D eigenvalue weighted by Gasteiger charge is -2.09. The van der Waals surface area contributed by atoms with Gasteiger partial charge in [-0.1, -0.05) is 46.3 Å². The zero-order chi connectivity index (χ0) is 21.7. The molecule has 0 unspecified atom stereocenters. The van der Waals surface area contributed by atoms with E-state index in [9.17, 15) is 14.9 Å². The molecule has 0 spiro atoms. The minimum absolute atomic E-state index is 0.160.